The number of carbonyl (C=O) groups excluding carboxylic acids is 1. The van der Waals surface area contributed by atoms with E-state index in [9.17, 15) is 4.79 Å². The van der Waals surface area contributed by atoms with Gasteiger partial charge in [0, 0.05) is 18.5 Å². The number of aromatic nitrogens is 2. The number of para-hydroxylation sites is 1. The molecule has 1 atom stereocenters. The van der Waals surface area contributed by atoms with E-state index >= 15 is 0 Å². The second kappa shape index (κ2) is 6.49. The Labute approximate surface area is 141 Å². The highest BCUT2D eigenvalue weighted by Gasteiger charge is 2.19. The van der Waals surface area contributed by atoms with Gasteiger partial charge in [-0.25, -0.2) is 0 Å². The maximum atomic E-state index is 12.3. The minimum Gasteiger partial charge on any atom is -0.459 e. The van der Waals surface area contributed by atoms with E-state index in [4.69, 9.17) is 4.42 Å². The Kier molecular flexibility index (Phi) is 4.40. The van der Waals surface area contributed by atoms with Gasteiger partial charge in [-0.15, -0.1) is 0 Å². The highest BCUT2D eigenvalue weighted by Crippen LogP contribution is 2.26. The third-order valence-corrected chi connectivity index (χ3v) is 4.18. The first-order valence-corrected chi connectivity index (χ1v) is 7.93. The molecule has 0 aliphatic carbocycles. The first-order valence-electron chi connectivity index (χ1n) is 7.93. The van der Waals surface area contributed by atoms with E-state index in [-0.39, 0.29) is 18.5 Å². The van der Waals surface area contributed by atoms with Gasteiger partial charge in [0.15, 0.2) is 0 Å². The van der Waals surface area contributed by atoms with Gasteiger partial charge in [0.2, 0.25) is 5.91 Å². The lowest BCUT2D eigenvalue weighted by molar-refractivity contribution is -0.117. The average Bonchev–Trinajstić information content (AvgIpc) is 3.09. The molecule has 0 saturated carbocycles. The Morgan fingerprint density at radius 1 is 1.38 bits per heavy atom. The first kappa shape index (κ1) is 16.3. The van der Waals surface area contributed by atoms with Gasteiger partial charge in [-0.3, -0.25) is 14.4 Å². The molecule has 24 heavy (non-hydrogen) atoms. The van der Waals surface area contributed by atoms with Crippen molar-refractivity contribution in [2.45, 2.75) is 19.9 Å². The monoisotopic (exact) mass is 326 g/mol. The molecule has 0 saturated heterocycles. The van der Waals surface area contributed by atoms with Crippen LogP contribution in [0.2, 0.25) is 0 Å². The van der Waals surface area contributed by atoms with Crippen LogP contribution in [0.15, 0.2) is 40.8 Å². The molecule has 0 aliphatic heterocycles. The molecule has 0 fully saturated rings. The second-order valence-corrected chi connectivity index (χ2v) is 6.12. The quantitative estimate of drug-likeness (QED) is 0.782. The summed E-state index contributed by atoms with van der Waals surface area (Å²) < 4.78 is 7.55. The summed E-state index contributed by atoms with van der Waals surface area (Å²) in [5.74, 6) is 1.47. The van der Waals surface area contributed by atoms with Gasteiger partial charge in [0.05, 0.1) is 18.3 Å². The fourth-order valence-corrected chi connectivity index (χ4v) is 2.70. The summed E-state index contributed by atoms with van der Waals surface area (Å²) in [6.45, 7) is 4.19. The summed E-state index contributed by atoms with van der Waals surface area (Å²) in [5, 5.41) is 8.18. The van der Waals surface area contributed by atoms with Gasteiger partial charge in [0.25, 0.3) is 0 Å². The highest BCUT2D eigenvalue weighted by atomic mass is 16.3. The number of hydrogen-bond donors (Lipinski definition) is 1. The fourth-order valence-electron chi connectivity index (χ4n) is 2.70. The zero-order valence-corrected chi connectivity index (χ0v) is 14.4. The van der Waals surface area contributed by atoms with Crippen LogP contribution in [0.4, 0.5) is 5.82 Å². The number of carbonyl (C=O) groups is 1. The fraction of sp³-hybridized carbons (Fsp3) is 0.333. The van der Waals surface area contributed by atoms with Crippen molar-refractivity contribution in [2.75, 3.05) is 18.9 Å². The number of likely N-dealkylation sites (N-methyl/N-ethyl adjacent to an activating group) is 1. The van der Waals surface area contributed by atoms with Crippen molar-refractivity contribution in [1.29, 1.82) is 0 Å². The van der Waals surface area contributed by atoms with Gasteiger partial charge >= 0.3 is 0 Å². The van der Waals surface area contributed by atoms with Crippen LogP contribution in [0.25, 0.3) is 11.0 Å². The van der Waals surface area contributed by atoms with Crippen LogP contribution in [-0.4, -0.2) is 34.2 Å². The lowest BCUT2D eigenvalue weighted by atomic mass is 10.2. The van der Waals surface area contributed by atoms with E-state index in [0.29, 0.717) is 5.82 Å². The van der Waals surface area contributed by atoms with Crippen LogP contribution in [0.3, 0.4) is 0 Å². The van der Waals surface area contributed by atoms with Crippen LogP contribution in [0.5, 0.6) is 0 Å². The molecule has 1 N–H and O–H groups in total. The number of anilines is 1. The van der Waals surface area contributed by atoms with Crippen molar-refractivity contribution in [3.63, 3.8) is 0 Å². The number of fused-ring (bicyclic) bond motifs is 1. The van der Waals surface area contributed by atoms with E-state index in [1.807, 2.05) is 69.2 Å². The number of nitrogens with one attached hydrogen (secondary N) is 1. The molecule has 1 aromatic carbocycles. The normalized spacial score (nSPS) is 12.7. The summed E-state index contributed by atoms with van der Waals surface area (Å²) in [4.78, 5) is 14.2. The van der Waals surface area contributed by atoms with Crippen LogP contribution in [0, 0.1) is 6.92 Å². The van der Waals surface area contributed by atoms with E-state index in [0.717, 1.165) is 22.4 Å². The van der Waals surface area contributed by atoms with Gasteiger partial charge in [-0.1, -0.05) is 18.2 Å². The lowest BCUT2D eigenvalue weighted by Gasteiger charge is -2.22. The molecule has 1 amide bonds. The SMILES string of the molecule is Cc1cc(NC(=O)CN(C)C(C)c2cc3ccccc3o2)n(C)n1. The molecule has 2 heterocycles. The predicted molar refractivity (Wildman–Crippen MR) is 93.8 cm³/mol. The van der Waals surface area contributed by atoms with Crippen LogP contribution >= 0.6 is 0 Å². The van der Waals surface area contributed by atoms with E-state index < -0.39 is 0 Å². The number of benzene rings is 1. The molecule has 6 nitrogen and oxygen atoms in total. The van der Waals surface area contributed by atoms with Crippen LogP contribution in [0.1, 0.15) is 24.4 Å². The molecule has 0 spiro atoms. The van der Waals surface area contributed by atoms with Crippen molar-refractivity contribution in [2.24, 2.45) is 7.05 Å². The van der Waals surface area contributed by atoms with E-state index in [1.165, 1.54) is 0 Å². The predicted octanol–water partition coefficient (Wildman–Crippen LogP) is 3.11. The highest BCUT2D eigenvalue weighted by molar-refractivity contribution is 5.91. The van der Waals surface area contributed by atoms with Gasteiger partial charge in [0.1, 0.15) is 17.2 Å². The topological polar surface area (TPSA) is 63.3 Å². The molecule has 0 aliphatic rings. The number of furan rings is 1. The van der Waals surface area contributed by atoms with Crippen molar-refractivity contribution < 1.29 is 9.21 Å². The summed E-state index contributed by atoms with van der Waals surface area (Å²) in [5.41, 5.74) is 1.74. The lowest BCUT2D eigenvalue weighted by Crippen LogP contribution is -2.32. The standard InChI is InChI=1S/C18H22N4O2/c1-12-9-17(22(4)20-12)19-18(23)11-21(3)13(2)16-10-14-7-5-6-8-15(14)24-16/h5-10,13H,11H2,1-4H3,(H,19,23). The third-order valence-electron chi connectivity index (χ3n) is 4.18. The van der Waals surface area contributed by atoms with Crippen LogP contribution < -0.4 is 5.32 Å². The summed E-state index contributed by atoms with van der Waals surface area (Å²) in [6.07, 6.45) is 0. The van der Waals surface area contributed by atoms with E-state index in [2.05, 4.69) is 10.4 Å². The molecular weight excluding hydrogens is 304 g/mol. The van der Waals surface area contributed by atoms with Gasteiger partial charge < -0.3 is 9.73 Å². The summed E-state index contributed by atoms with van der Waals surface area (Å²) >= 11 is 0. The van der Waals surface area contributed by atoms with Crippen LogP contribution in [-0.2, 0) is 11.8 Å². The molecule has 0 bridgehead atoms. The molecular formula is C18H22N4O2. The summed E-state index contributed by atoms with van der Waals surface area (Å²) in [6, 6.07) is 11.8. The number of rotatable bonds is 5. The number of nitrogens with zero attached hydrogens (tertiary/aromatic N) is 3. The number of aryl methyl sites for hydroxylation is 2. The Morgan fingerprint density at radius 3 is 2.79 bits per heavy atom. The first-order chi connectivity index (χ1) is 11.4. The zero-order valence-electron chi connectivity index (χ0n) is 14.4. The maximum Gasteiger partial charge on any atom is 0.239 e. The van der Waals surface area contributed by atoms with Crippen molar-refractivity contribution >= 4 is 22.7 Å². The summed E-state index contributed by atoms with van der Waals surface area (Å²) in [7, 11) is 3.72. The smallest absolute Gasteiger partial charge is 0.239 e. The minimum atomic E-state index is -0.0801. The molecule has 6 heteroatoms. The molecule has 2 aromatic heterocycles. The Bertz CT molecular complexity index is 832. The Morgan fingerprint density at radius 2 is 2.12 bits per heavy atom. The Balaban J connectivity index is 1.66. The molecule has 3 aromatic rings. The Hall–Kier alpha value is -2.60. The van der Waals surface area contributed by atoms with Crippen molar-refractivity contribution in [3.8, 4) is 0 Å². The second-order valence-electron chi connectivity index (χ2n) is 6.12. The van der Waals surface area contributed by atoms with Gasteiger partial charge in [-0.05, 0) is 33.0 Å². The van der Waals surface area contributed by atoms with Gasteiger partial charge in [-0.2, -0.15) is 5.10 Å². The minimum absolute atomic E-state index is 0.00331. The molecule has 0 radical (unpaired) electrons. The van der Waals surface area contributed by atoms with E-state index in [1.54, 1.807) is 4.68 Å². The molecule has 126 valence electrons. The van der Waals surface area contributed by atoms with Crippen molar-refractivity contribution in [3.05, 3.63) is 47.9 Å². The van der Waals surface area contributed by atoms with Crippen molar-refractivity contribution in [1.82, 2.24) is 14.7 Å². The third kappa shape index (κ3) is 3.33. The molecule has 3 rings (SSSR count). The maximum absolute atomic E-state index is 12.3. The number of amides is 1. The average molecular weight is 326 g/mol. The zero-order chi connectivity index (χ0) is 17.3. The number of hydrogen-bond acceptors (Lipinski definition) is 4. The largest absolute Gasteiger partial charge is 0.459 e. The molecule has 1 unspecified atom stereocenters.